The molecule has 5 N–H and O–H groups in total. The van der Waals surface area contributed by atoms with Crippen LogP contribution in [0.2, 0.25) is 0 Å². The van der Waals surface area contributed by atoms with Gasteiger partial charge in [-0.2, -0.15) is 0 Å². The van der Waals surface area contributed by atoms with E-state index in [1.54, 1.807) is 53.7 Å². The third kappa shape index (κ3) is 8.99. The van der Waals surface area contributed by atoms with E-state index in [2.05, 4.69) is 21.2 Å². The van der Waals surface area contributed by atoms with Gasteiger partial charge >= 0.3 is 0 Å². The maximum absolute atomic E-state index is 12.9. The molecule has 196 valence electrons. The van der Waals surface area contributed by atoms with E-state index < -0.39 is 59.9 Å². The Balaban J connectivity index is 3.09. The van der Waals surface area contributed by atoms with E-state index in [0.717, 1.165) is 0 Å². The molecule has 0 fully saturated rings. The molecule has 10 nitrogen and oxygen atoms in total. The molecule has 0 unspecified atom stereocenters. The Morgan fingerprint density at radius 3 is 1.57 bits per heavy atom. The molecule has 11 heteroatoms. The van der Waals surface area contributed by atoms with E-state index in [1.807, 2.05) is 5.32 Å². The van der Waals surface area contributed by atoms with Crippen molar-refractivity contribution < 1.29 is 39.2 Å². The highest BCUT2D eigenvalue weighted by Gasteiger charge is 2.41. The Kier molecular flexibility index (Phi) is 12.0. The molecule has 1 aromatic carbocycles. The summed E-state index contributed by atoms with van der Waals surface area (Å²) in [5.41, 5.74) is 0. The quantitative estimate of drug-likeness (QED) is 0.270. The molecule has 0 bridgehead atoms. The third-order valence-electron chi connectivity index (χ3n) is 5.91. The summed E-state index contributed by atoms with van der Waals surface area (Å²) in [6.45, 7) is 10.3. The van der Waals surface area contributed by atoms with E-state index in [4.69, 9.17) is 4.74 Å². The number of hydrogen-bond donors (Lipinski definition) is 5. The van der Waals surface area contributed by atoms with Crippen LogP contribution in [0.5, 0.6) is 5.75 Å². The van der Waals surface area contributed by atoms with Crippen molar-refractivity contribution in [3.8, 4) is 5.75 Å². The van der Waals surface area contributed by atoms with Gasteiger partial charge in [-0.3, -0.25) is 29.8 Å². The molecule has 35 heavy (non-hydrogen) atoms. The second-order valence-electron chi connectivity index (χ2n) is 9.19. The van der Waals surface area contributed by atoms with Gasteiger partial charge in [0.2, 0.25) is 17.9 Å². The maximum atomic E-state index is 12.9. The van der Waals surface area contributed by atoms with Crippen LogP contribution >= 0.6 is 15.9 Å². The van der Waals surface area contributed by atoms with Crippen LogP contribution in [0.15, 0.2) is 28.7 Å². The van der Waals surface area contributed by atoms with Gasteiger partial charge in [-0.1, -0.05) is 57.5 Å². The Morgan fingerprint density at radius 1 is 0.714 bits per heavy atom. The number of ether oxygens (including phenoxy) is 1. The standard InChI is InChI=1S/C24H35BrN2O8/c1-11(2)13(5)21(31)26-23(33)19(30)17(28)18(29)20(35-16-9-7-15(25)8-10-16)24(34)27-22(32)14(6)12(3)4/h7-14,17-20,28-30H,1-6H3,(H,26,31,33)(H,27,32,34)/t13-,14-,17+,18+,19+,20+/m0/s1. The number of hydrogen-bond acceptors (Lipinski definition) is 8. The Hall–Kier alpha value is -2.34. The number of aliphatic hydroxyl groups is 3. The van der Waals surface area contributed by atoms with Crippen LogP contribution in [0.3, 0.4) is 0 Å². The third-order valence-corrected chi connectivity index (χ3v) is 6.44. The minimum Gasteiger partial charge on any atom is -0.478 e. The van der Waals surface area contributed by atoms with E-state index in [-0.39, 0.29) is 17.6 Å². The van der Waals surface area contributed by atoms with Gasteiger partial charge in [0.15, 0.2) is 6.10 Å². The van der Waals surface area contributed by atoms with E-state index in [1.165, 1.54) is 12.1 Å². The van der Waals surface area contributed by atoms with E-state index >= 15 is 0 Å². The normalized spacial score (nSPS) is 16.6. The average Bonchev–Trinajstić information content (AvgIpc) is 2.80. The van der Waals surface area contributed by atoms with Crippen molar-refractivity contribution in [3.63, 3.8) is 0 Å². The number of amides is 4. The van der Waals surface area contributed by atoms with Gasteiger partial charge < -0.3 is 20.1 Å². The van der Waals surface area contributed by atoms with Crippen LogP contribution in [0.4, 0.5) is 0 Å². The monoisotopic (exact) mass is 558 g/mol. The molecule has 0 radical (unpaired) electrons. The van der Waals surface area contributed by atoms with Gasteiger partial charge in [0.1, 0.15) is 18.0 Å². The van der Waals surface area contributed by atoms with Crippen LogP contribution in [0.1, 0.15) is 41.5 Å². The molecule has 0 saturated carbocycles. The Morgan fingerprint density at radius 2 is 1.14 bits per heavy atom. The van der Waals surface area contributed by atoms with Crippen LogP contribution in [0.25, 0.3) is 0 Å². The molecular weight excluding hydrogens is 524 g/mol. The smallest absolute Gasteiger partial charge is 0.270 e. The summed E-state index contributed by atoms with van der Waals surface area (Å²) >= 11 is 3.25. The van der Waals surface area contributed by atoms with Gasteiger partial charge in [0, 0.05) is 16.3 Å². The zero-order valence-electron chi connectivity index (χ0n) is 20.7. The highest BCUT2D eigenvalue weighted by atomic mass is 79.9. The molecule has 0 heterocycles. The lowest BCUT2D eigenvalue weighted by molar-refractivity contribution is -0.156. The predicted molar refractivity (Wildman–Crippen MR) is 131 cm³/mol. The highest BCUT2D eigenvalue weighted by molar-refractivity contribution is 9.10. The maximum Gasteiger partial charge on any atom is 0.270 e. The first-order chi connectivity index (χ1) is 16.2. The fraction of sp³-hybridized carbons (Fsp3) is 0.583. The second kappa shape index (κ2) is 13.7. The van der Waals surface area contributed by atoms with Crippen molar-refractivity contribution in [2.24, 2.45) is 23.7 Å². The summed E-state index contributed by atoms with van der Waals surface area (Å²) < 4.78 is 6.24. The number of carbonyl (C=O) groups is 4. The lowest BCUT2D eigenvalue weighted by Crippen LogP contribution is -2.58. The minimum absolute atomic E-state index is 0.0829. The van der Waals surface area contributed by atoms with Crippen LogP contribution in [-0.2, 0) is 19.2 Å². The zero-order chi connectivity index (χ0) is 27.0. The topological polar surface area (TPSA) is 162 Å². The summed E-state index contributed by atoms with van der Waals surface area (Å²) in [7, 11) is 0. The number of aliphatic hydroxyl groups excluding tert-OH is 3. The van der Waals surface area contributed by atoms with Crippen LogP contribution in [-0.4, -0.2) is 63.4 Å². The van der Waals surface area contributed by atoms with Gasteiger partial charge in [0.25, 0.3) is 11.8 Å². The first-order valence-electron chi connectivity index (χ1n) is 11.3. The number of nitrogens with one attached hydrogen (secondary N) is 2. The van der Waals surface area contributed by atoms with E-state index in [9.17, 15) is 34.5 Å². The average molecular weight is 559 g/mol. The van der Waals surface area contributed by atoms with Gasteiger partial charge in [-0.25, -0.2) is 0 Å². The summed E-state index contributed by atoms with van der Waals surface area (Å²) in [6, 6.07) is 6.14. The summed E-state index contributed by atoms with van der Waals surface area (Å²) in [5, 5.41) is 35.5. The molecule has 1 rings (SSSR count). The summed E-state index contributed by atoms with van der Waals surface area (Å²) in [4.78, 5) is 49.7. The molecule has 0 aliphatic rings. The molecule has 0 aromatic heterocycles. The van der Waals surface area contributed by atoms with Gasteiger partial charge in [-0.05, 0) is 36.1 Å². The summed E-state index contributed by atoms with van der Waals surface area (Å²) in [5.74, 6) is -4.77. The number of benzene rings is 1. The minimum atomic E-state index is -2.26. The van der Waals surface area contributed by atoms with Crippen molar-refractivity contribution in [1.29, 1.82) is 0 Å². The van der Waals surface area contributed by atoms with Crippen molar-refractivity contribution in [2.45, 2.75) is 66.0 Å². The van der Waals surface area contributed by atoms with Crippen molar-refractivity contribution >= 4 is 39.6 Å². The number of halogens is 1. The molecule has 1 aromatic rings. The molecule has 4 amide bonds. The van der Waals surface area contributed by atoms with Crippen molar-refractivity contribution in [3.05, 3.63) is 28.7 Å². The first kappa shape index (κ1) is 30.7. The number of imide groups is 2. The molecule has 6 atom stereocenters. The molecule has 0 aliphatic carbocycles. The molecule has 0 saturated heterocycles. The number of rotatable bonds is 11. The van der Waals surface area contributed by atoms with Gasteiger partial charge in [-0.15, -0.1) is 0 Å². The van der Waals surface area contributed by atoms with Crippen LogP contribution < -0.4 is 15.4 Å². The second-order valence-corrected chi connectivity index (χ2v) is 10.1. The fourth-order valence-corrected chi connectivity index (χ4v) is 2.94. The lowest BCUT2D eigenvalue weighted by Gasteiger charge is -2.29. The molecule has 0 spiro atoms. The van der Waals surface area contributed by atoms with E-state index in [0.29, 0.717) is 4.47 Å². The summed E-state index contributed by atoms with van der Waals surface area (Å²) in [6.07, 6.45) is -8.50. The largest absolute Gasteiger partial charge is 0.478 e. The van der Waals surface area contributed by atoms with Crippen LogP contribution in [0, 0.1) is 23.7 Å². The van der Waals surface area contributed by atoms with Crippen molar-refractivity contribution in [2.75, 3.05) is 0 Å². The molecule has 0 aliphatic heterocycles. The first-order valence-corrected chi connectivity index (χ1v) is 12.1. The van der Waals surface area contributed by atoms with Gasteiger partial charge in [0.05, 0.1) is 0 Å². The lowest BCUT2D eigenvalue weighted by atomic mass is 9.96. The SMILES string of the molecule is CC(C)[C@H](C)C(=O)NC(=O)[C@H](O)[C@H](O)[C@@H](O)[C@@H](Oc1ccc(Br)cc1)C(=O)NC(=O)[C@@H](C)C(C)C. The van der Waals surface area contributed by atoms with Crippen molar-refractivity contribution in [1.82, 2.24) is 10.6 Å². The molecular formula is C24H35BrN2O8. The fourth-order valence-electron chi connectivity index (χ4n) is 2.68. The Labute approximate surface area is 213 Å². The Bertz CT molecular complexity index is 890. The number of carbonyl (C=O) groups excluding carboxylic acids is 4. The predicted octanol–water partition coefficient (Wildman–Crippen LogP) is 1.15. The zero-order valence-corrected chi connectivity index (χ0v) is 22.3. The highest BCUT2D eigenvalue weighted by Crippen LogP contribution is 2.20.